The Labute approximate surface area is 107 Å². The van der Waals surface area contributed by atoms with Gasteiger partial charge in [-0.15, -0.1) is 0 Å². The van der Waals surface area contributed by atoms with Crippen LogP contribution in [0, 0.1) is 0 Å². The molecule has 1 atom stereocenters. The Morgan fingerprint density at radius 2 is 1.72 bits per heavy atom. The molecule has 0 aromatic rings. The average Bonchev–Trinajstić information content (AvgIpc) is 2.37. The normalized spacial score (nSPS) is 17.6. The molecule has 0 radical (unpaired) electrons. The summed E-state index contributed by atoms with van der Waals surface area (Å²) in [6.45, 7) is 2.35. The van der Waals surface area contributed by atoms with Crippen LogP contribution in [0.1, 0.15) is 0 Å². The van der Waals surface area contributed by atoms with Crippen molar-refractivity contribution in [3.05, 3.63) is 0 Å². The van der Waals surface area contributed by atoms with Gasteiger partial charge in [-0.2, -0.15) is 0 Å². The summed E-state index contributed by atoms with van der Waals surface area (Å²) in [5.41, 5.74) is 5.70. The van der Waals surface area contributed by atoms with Crippen molar-refractivity contribution in [3.63, 3.8) is 0 Å². The predicted molar refractivity (Wildman–Crippen MR) is 67.1 cm³/mol. The number of hydrogen-bond acceptors (Lipinski definition) is 4. The number of carbonyl (C=O) groups is 2. The molecule has 1 heterocycles. The number of ether oxygens (including phenoxy) is 1. The summed E-state index contributed by atoms with van der Waals surface area (Å²) in [6, 6.07) is -0.644. The molecule has 0 aromatic carbocycles. The van der Waals surface area contributed by atoms with Crippen molar-refractivity contribution in [2.24, 2.45) is 5.73 Å². The molecule has 3 amide bonds. The molecule has 18 heavy (non-hydrogen) atoms. The van der Waals surface area contributed by atoms with Gasteiger partial charge in [0.15, 0.2) is 0 Å². The SMILES string of the molecule is COCC(N)C(=O)N1CCN(C(=O)N(C)C)CC1. The van der Waals surface area contributed by atoms with Gasteiger partial charge in [0, 0.05) is 47.4 Å². The molecule has 1 saturated heterocycles. The monoisotopic (exact) mass is 258 g/mol. The zero-order valence-corrected chi connectivity index (χ0v) is 11.3. The van der Waals surface area contributed by atoms with Gasteiger partial charge in [-0.05, 0) is 0 Å². The molecule has 0 spiro atoms. The molecule has 1 fully saturated rings. The van der Waals surface area contributed by atoms with Crippen LogP contribution in [0.2, 0.25) is 0 Å². The lowest BCUT2D eigenvalue weighted by Gasteiger charge is -2.36. The Balaban J connectivity index is 2.44. The molecule has 1 rings (SSSR count). The Morgan fingerprint density at radius 3 is 2.17 bits per heavy atom. The predicted octanol–water partition coefficient (Wildman–Crippen LogP) is -1.21. The van der Waals surface area contributed by atoms with Crippen LogP contribution in [0.3, 0.4) is 0 Å². The Bertz CT molecular complexity index is 301. The molecule has 2 N–H and O–H groups in total. The second-order valence-electron chi connectivity index (χ2n) is 4.55. The first-order valence-electron chi connectivity index (χ1n) is 5.97. The molecule has 1 unspecified atom stereocenters. The topological polar surface area (TPSA) is 79.1 Å². The number of carbonyl (C=O) groups excluding carboxylic acids is 2. The zero-order valence-electron chi connectivity index (χ0n) is 11.3. The highest BCUT2D eigenvalue weighted by atomic mass is 16.5. The van der Waals surface area contributed by atoms with Crippen LogP contribution in [0.15, 0.2) is 0 Å². The number of nitrogens with two attached hydrogens (primary N) is 1. The van der Waals surface area contributed by atoms with E-state index < -0.39 is 6.04 Å². The van der Waals surface area contributed by atoms with E-state index in [0.29, 0.717) is 26.2 Å². The van der Waals surface area contributed by atoms with Crippen molar-refractivity contribution in [1.29, 1.82) is 0 Å². The van der Waals surface area contributed by atoms with Gasteiger partial charge in [-0.1, -0.05) is 0 Å². The van der Waals surface area contributed by atoms with Gasteiger partial charge in [0.2, 0.25) is 5.91 Å². The summed E-state index contributed by atoms with van der Waals surface area (Å²) in [6.07, 6.45) is 0. The lowest BCUT2D eigenvalue weighted by molar-refractivity contribution is -0.135. The van der Waals surface area contributed by atoms with Gasteiger partial charge in [-0.25, -0.2) is 4.79 Å². The summed E-state index contributed by atoms with van der Waals surface area (Å²) in [7, 11) is 4.95. The lowest BCUT2D eigenvalue weighted by atomic mass is 10.2. The fourth-order valence-electron chi connectivity index (χ4n) is 1.89. The quantitative estimate of drug-likeness (QED) is 0.688. The molecule has 104 valence electrons. The maximum Gasteiger partial charge on any atom is 0.319 e. The van der Waals surface area contributed by atoms with Gasteiger partial charge >= 0.3 is 6.03 Å². The minimum absolute atomic E-state index is 0.0247. The zero-order chi connectivity index (χ0) is 13.7. The average molecular weight is 258 g/mol. The van der Waals surface area contributed by atoms with E-state index in [2.05, 4.69) is 0 Å². The van der Waals surface area contributed by atoms with Crippen LogP contribution in [0.25, 0.3) is 0 Å². The number of amides is 3. The number of piperazine rings is 1. The standard InChI is InChI=1S/C11H22N4O3/c1-13(2)11(17)15-6-4-14(5-7-15)10(16)9(12)8-18-3/h9H,4-8,12H2,1-3H3. The van der Waals surface area contributed by atoms with Crippen LogP contribution >= 0.6 is 0 Å². The Kier molecular flexibility index (Phi) is 5.36. The van der Waals surface area contributed by atoms with Crippen molar-refractivity contribution >= 4 is 11.9 Å². The van der Waals surface area contributed by atoms with E-state index in [1.807, 2.05) is 0 Å². The number of hydrogen-bond donors (Lipinski definition) is 1. The van der Waals surface area contributed by atoms with E-state index in [4.69, 9.17) is 10.5 Å². The molecular weight excluding hydrogens is 236 g/mol. The van der Waals surface area contributed by atoms with Gasteiger partial charge in [0.1, 0.15) is 6.04 Å². The maximum absolute atomic E-state index is 11.9. The number of nitrogens with zero attached hydrogens (tertiary/aromatic N) is 3. The third kappa shape index (κ3) is 3.58. The summed E-state index contributed by atoms with van der Waals surface area (Å²) in [4.78, 5) is 28.6. The summed E-state index contributed by atoms with van der Waals surface area (Å²) in [5, 5.41) is 0. The largest absolute Gasteiger partial charge is 0.383 e. The summed E-state index contributed by atoms with van der Waals surface area (Å²) in [5.74, 6) is -0.117. The number of methoxy groups -OCH3 is 1. The fraction of sp³-hybridized carbons (Fsp3) is 0.818. The highest BCUT2D eigenvalue weighted by molar-refractivity contribution is 5.82. The minimum atomic E-state index is -0.619. The minimum Gasteiger partial charge on any atom is -0.383 e. The molecule has 7 heteroatoms. The molecule has 7 nitrogen and oxygen atoms in total. The van der Waals surface area contributed by atoms with Crippen LogP contribution in [0.4, 0.5) is 4.79 Å². The first kappa shape index (κ1) is 14.7. The van der Waals surface area contributed by atoms with Crippen LogP contribution in [-0.2, 0) is 9.53 Å². The third-order valence-corrected chi connectivity index (χ3v) is 2.91. The Hall–Kier alpha value is -1.34. The molecular formula is C11H22N4O3. The van der Waals surface area contributed by atoms with Crippen molar-refractivity contribution in [1.82, 2.24) is 14.7 Å². The Morgan fingerprint density at radius 1 is 1.22 bits per heavy atom. The van der Waals surface area contributed by atoms with E-state index in [9.17, 15) is 9.59 Å². The first-order chi connectivity index (χ1) is 8.47. The van der Waals surface area contributed by atoms with Crippen LogP contribution < -0.4 is 5.73 Å². The van der Waals surface area contributed by atoms with Crippen molar-refractivity contribution in [2.45, 2.75) is 6.04 Å². The second kappa shape index (κ2) is 6.55. The van der Waals surface area contributed by atoms with Crippen LogP contribution in [-0.4, -0.2) is 86.7 Å². The van der Waals surface area contributed by atoms with Crippen molar-refractivity contribution < 1.29 is 14.3 Å². The van der Waals surface area contributed by atoms with E-state index in [-0.39, 0.29) is 18.5 Å². The highest BCUT2D eigenvalue weighted by Gasteiger charge is 2.27. The van der Waals surface area contributed by atoms with Gasteiger partial charge < -0.3 is 25.2 Å². The third-order valence-electron chi connectivity index (χ3n) is 2.91. The smallest absolute Gasteiger partial charge is 0.319 e. The van der Waals surface area contributed by atoms with E-state index in [0.717, 1.165) is 0 Å². The molecule has 1 aliphatic heterocycles. The van der Waals surface area contributed by atoms with Gasteiger partial charge in [0.05, 0.1) is 6.61 Å². The molecule has 0 saturated carbocycles. The summed E-state index contributed by atoms with van der Waals surface area (Å²) >= 11 is 0. The molecule has 0 aliphatic carbocycles. The first-order valence-corrected chi connectivity index (χ1v) is 5.97. The second-order valence-corrected chi connectivity index (χ2v) is 4.55. The highest BCUT2D eigenvalue weighted by Crippen LogP contribution is 2.05. The van der Waals surface area contributed by atoms with E-state index >= 15 is 0 Å². The van der Waals surface area contributed by atoms with Crippen molar-refractivity contribution in [3.8, 4) is 0 Å². The van der Waals surface area contributed by atoms with E-state index in [1.165, 1.54) is 12.0 Å². The van der Waals surface area contributed by atoms with Gasteiger partial charge in [0.25, 0.3) is 0 Å². The number of rotatable bonds is 3. The van der Waals surface area contributed by atoms with Crippen molar-refractivity contribution in [2.75, 3.05) is 54.0 Å². The lowest BCUT2D eigenvalue weighted by Crippen LogP contribution is -2.56. The molecule has 0 bridgehead atoms. The fourth-order valence-corrected chi connectivity index (χ4v) is 1.89. The van der Waals surface area contributed by atoms with E-state index in [1.54, 1.807) is 23.9 Å². The molecule has 0 aromatic heterocycles. The number of urea groups is 1. The summed E-state index contributed by atoms with van der Waals surface area (Å²) < 4.78 is 4.86. The maximum atomic E-state index is 11.9. The molecule has 1 aliphatic rings. The van der Waals surface area contributed by atoms with Gasteiger partial charge in [-0.3, -0.25) is 4.79 Å². The van der Waals surface area contributed by atoms with Crippen LogP contribution in [0.5, 0.6) is 0 Å².